The molecule has 2 fully saturated rings. The standard InChI is InChI=1S/C14H15ClFNO/c15-11-7-8(5-6-12(11)16)17-14(18)13-9-3-1-2-4-10(9)13/h5-7,9-10,13H,1-4H2,(H,17,18)/t9-,10-/m0/s1. The van der Waals surface area contributed by atoms with Crippen molar-refractivity contribution in [2.24, 2.45) is 17.8 Å². The molecular formula is C14H15ClFNO. The van der Waals surface area contributed by atoms with Gasteiger partial charge in [-0.3, -0.25) is 4.79 Å². The van der Waals surface area contributed by atoms with Crippen molar-refractivity contribution in [1.82, 2.24) is 0 Å². The predicted octanol–water partition coefficient (Wildman–Crippen LogP) is 3.85. The molecule has 0 bridgehead atoms. The molecule has 2 saturated carbocycles. The lowest BCUT2D eigenvalue weighted by Gasteiger charge is -2.05. The van der Waals surface area contributed by atoms with E-state index in [1.165, 1.54) is 37.8 Å². The largest absolute Gasteiger partial charge is 0.326 e. The van der Waals surface area contributed by atoms with Crippen molar-refractivity contribution in [1.29, 1.82) is 0 Å². The van der Waals surface area contributed by atoms with Crippen molar-refractivity contribution in [2.45, 2.75) is 25.7 Å². The minimum absolute atomic E-state index is 0.0426. The van der Waals surface area contributed by atoms with E-state index in [2.05, 4.69) is 5.32 Å². The number of hydrogen-bond donors (Lipinski definition) is 1. The van der Waals surface area contributed by atoms with Crippen molar-refractivity contribution in [3.63, 3.8) is 0 Å². The van der Waals surface area contributed by atoms with E-state index in [9.17, 15) is 9.18 Å². The average molecular weight is 268 g/mol. The molecule has 1 aromatic rings. The monoisotopic (exact) mass is 267 g/mol. The fraction of sp³-hybridized carbons (Fsp3) is 0.500. The van der Waals surface area contributed by atoms with Gasteiger partial charge in [-0.1, -0.05) is 24.4 Å². The number of nitrogens with one attached hydrogen (secondary N) is 1. The summed E-state index contributed by atoms with van der Waals surface area (Å²) in [6, 6.07) is 4.28. The van der Waals surface area contributed by atoms with E-state index in [1.54, 1.807) is 6.07 Å². The van der Waals surface area contributed by atoms with Gasteiger partial charge in [-0.05, 0) is 42.9 Å². The summed E-state index contributed by atoms with van der Waals surface area (Å²) >= 11 is 5.69. The van der Waals surface area contributed by atoms with Crippen LogP contribution in [-0.4, -0.2) is 5.91 Å². The van der Waals surface area contributed by atoms with Crippen LogP contribution >= 0.6 is 11.6 Å². The maximum atomic E-state index is 13.0. The van der Waals surface area contributed by atoms with Crippen LogP contribution in [0.5, 0.6) is 0 Å². The molecule has 3 rings (SSSR count). The lowest BCUT2D eigenvalue weighted by atomic mass is 10.0. The highest BCUT2D eigenvalue weighted by atomic mass is 35.5. The Morgan fingerprint density at radius 3 is 2.56 bits per heavy atom. The molecular weight excluding hydrogens is 253 g/mol. The molecule has 0 saturated heterocycles. The summed E-state index contributed by atoms with van der Waals surface area (Å²) in [5, 5.41) is 2.88. The molecule has 0 spiro atoms. The summed E-state index contributed by atoms with van der Waals surface area (Å²) in [4.78, 5) is 12.1. The third-order valence-corrected chi connectivity index (χ3v) is 4.44. The zero-order chi connectivity index (χ0) is 12.7. The molecule has 0 aromatic heterocycles. The van der Waals surface area contributed by atoms with E-state index < -0.39 is 5.82 Å². The number of fused-ring (bicyclic) bond motifs is 1. The first-order valence-electron chi connectivity index (χ1n) is 6.43. The highest BCUT2D eigenvalue weighted by Gasteiger charge is 2.54. The molecule has 2 aliphatic rings. The van der Waals surface area contributed by atoms with Gasteiger partial charge in [0.2, 0.25) is 5.91 Å². The third kappa shape index (κ3) is 2.12. The van der Waals surface area contributed by atoms with Crippen LogP contribution in [0.3, 0.4) is 0 Å². The second-order valence-electron chi connectivity index (χ2n) is 5.26. The second kappa shape index (κ2) is 4.54. The third-order valence-electron chi connectivity index (χ3n) is 4.15. The number of anilines is 1. The summed E-state index contributed by atoms with van der Waals surface area (Å²) in [5.74, 6) is 0.921. The van der Waals surface area contributed by atoms with Gasteiger partial charge in [-0.15, -0.1) is 0 Å². The molecule has 2 nitrogen and oxygen atoms in total. The van der Waals surface area contributed by atoms with Gasteiger partial charge >= 0.3 is 0 Å². The van der Waals surface area contributed by atoms with E-state index in [0.29, 0.717) is 17.5 Å². The van der Waals surface area contributed by atoms with Crippen molar-refractivity contribution in [3.8, 4) is 0 Å². The van der Waals surface area contributed by atoms with Gasteiger partial charge in [-0.2, -0.15) is 0 Å². The molecule has 2 aliphatic carbocycles. The molecule has 2 atom stereocenters. The number of carbonyl (C=O) groups excluding carboxylic acids is 1. The van der Waals surface area contributed by atoms with Crippen LogP contribution < -0.4 is 5.32 Å². The molecule has 0 unspecified atom stereocenters. The minimum atomic E-state index is -0.463. The molecule has 0 radical (unpaired) electrons. The quantitative estimate of drug-likeness (QED) is 0.866. The maximum absolute atomic E-state index is 13.0. The molecule has 0 heterocycles. The Balaban J connectivity index is 1.66. The van der Waals surface area contributed by atoms with Crippen LogP contribution in [0.2, 0.25) is 5.02 Å². The lowest BCUT2D eigenvalue weighted by Crippen LogP contribution is -2.15. The van der Waals surface area contributed by atoms with E-state index in [1.807, 2.05) is 0 Å². The molecule has 1 N–H and O–H groups in total. The first-order valence-corrected chi connectivity index (χ1v) is 6.80. The minimum Gasteiger partial charge on any atom is -0.326 e. The smallest absolute Gasteiger partial charge is 0.228 e. The van der Waals surface area contributed by atoms with E-state index in [4.69, 9.17) is 11.6 Å². The molecule has 1 amide bonds. The van der Waals surface area contributed by atoms with Gasteiger partial charge in [0.1, 0.15) is 5.82 Å². The normalized spacial score (nSPS) is 29.6. The zero-order valence-electron chi connectivity index (χ0n) is 9.96. The summed E-state index contributed by atoms with van der Waals surface area (Å²) < 4.78 is 13.0. The van der Waals surface area contributed by atoms with Crippen LogP contribution in [-0.2, 0) is 4.79 Å². The topological polar surface area (TPSA) is 29.1 Å². The number of benzene rings is 1. The maximum Gasteiger partial charge on any atom is 0.228 e. The van der Waals surface area contributed by atoms with Crippen LogP contribution in [0.15, 0.2) is 18.2 Å². The van der Waals surface area contributed by atoms with Gasteiger partial charge in [0.05, 0.1) is 5.02 Å². The Hall–Kier alpha value is -1.09. The van der Waals surface area contributed by atoms with Gasteiger partial charge in [0, 0.05) is 11.6 Å². The fourth-order valence-corrected chi connectivity index (χ4v) is 3.36. The highest BCUT2D eigenvalue weighted by Crippen LogP contribution is 2.55. The van der Waals surface area contributed by atoms with Gasteiger partial charge in [-0.25, -0.2) is 4.39 Å². The lowest BCUT2D eigenvalue weighted by molar-refractivity contribution is -0.117. The van der Waals surface area contributed by atoms with Crippen molar-refractivity contribution in [2.75, 3.05) is 5.32 Å². The van der Waals surface area contributed by atoms with Crippen molar-refractivity contribution >= 4 is 23.2 Å². The Morgan fingerprint density at radius 2 is 1.94 bits per heavy atom. The molecule has 4 heteroatoms. The van der Waals surface area contributed by atoms with Crippen LogP contribution in [0, 0.1) is 23.6 Å². The van der Waals surface area contributed by atoms with Crippen LogP contribution in [0.1, 0.15) is 25.7 Å². The second-order valence-corrected chi connectivity index (χ2v) is 5.66. The van der Waals surface area contributed by atoms with Gasteiger partial charge < -0.3 is 5.32 Å². The SMILES string of the molecule is O=C(Nc1ccc(F)c(Cl)c1)C1[C@H]2CCCC[C@H]12. The first kappa shape index (κ1) is 12.0. The van der Waals surface area contributed by atoms with Crippen molar-refractivity contribution in [3.05, 3.63) is 29.0 Å². The van der Waals surface area contributed by atoms with Gasteiger partial charge in [0.15, 0.2) is 0 Å². The number of hydrogen-bond acceptors (Lipinski definition) is 1. The number of halogens is 2. The summed E-state index contributed by atoms with van der Waals surface area (Å²) in [7, 11) is 0. The summed E-state index contributed by atoms with van der Waals surface area (Å²) in [6.45, 7) is 0. The van der Waals surface area contributed by atoms with Crippen LogP contribution in [0.25, 0.3) is 0 Å². The highest BCUT2D eigenvalue weighted by molar-refractivity contribution is 6.31. The Kier molecular flexibility index (Phi) is 3.02. The Morgan fingerprint density at radius 1 is 1.28 bits per heavy atom. The van der Waals surface area contributed by atoms with E-state index in [-0.39, 0.29) is 16.8 Å². The molecule has 18 heavy (non-hydrogen) atoms. The average Bonchev–Trinajstić information content (AvgIpc) is 3.08. The fourth-order valence-electron chi connectivity index (χ4n) is 3.18. The predicted molar refractivity (Wildman–Crippen MR) is 69.0 cm³/mol. The summed E-state index contributed by atoms with van der Waals surface area (Å²) in [6.07, 6.45) is 4.83. The number of carbonyl (C=O) groups is 1. The Labute approximate surface area is 111 Å². The molecule has 0 aliphatic heterocycles. The number of rotatable bonds is 2. The van der Waals surface area contributed by atoms with Gasteiger partial charge in [0.25, 0.3) is 0 Å². The number of amides is 1. The summed E-state index contributed by atoms with van der Waals surface area (Å²) in [5.41, 5.74) is 0.579. The zero-order valence-corrected chi connectivity index (χ0v) is 10.7. The molecule has 1 aromatic carbocycles. The molecule has 96 valence electrons. The van der Waals surface area contributed by atoms with Crippen molar-refractivity contribution < 1.29 is 9.18 Å². The Bertz CT molecular complexity index is 479. The van der Waals surface area contributed by atoms with E-state index >= 15 is 0 Å². The van der Waals surface area contributed by atoms with E-state index in [0.717, 1.165) is 0 Å². The van der Waals surface area contributed by atoms with Crippen LogP contribution in [0.4, 0.5) is 10.1 Å². The first-order chi connectivity index (χ1) is 8.66.